The fourth-order valence-corrected chi connectivity index (χ4v) is 5.40. The zero-order valence-electron chi connectivity index (χ0n) is 24.4. The Balaban J connectivity index is 1.50. The topological polar surface area (TPSA) is 119 Å². The van der Waals surface area contributed by atoms with Gasteiger partial charge in [0.25, 0.3) is 0 Å². The van der Waals surface area contributed by atoms with Gasteiger partial charge in [0.1, 0.15) is 11.4 Å². The predicted molar refractivity (Wildman–Crippen MR) is 166 cm³/mol. The molecule has 224 valence electrons. The third-order valence-corrected chi connectivity index (χ3v) is 8.05. The van der Waals surface area contributed by atoms with Crippen LogP contribution < -0.4 is 10.1 Å². The third-order valence-electron chi connectivity index (χ3n) is 7.72. The first kappa shape index (κ1) is 30.1. The number of halogens is 1. The van der Waals surface area contributed by atoms with Crippen molar-refractivity contribution in [2.45, 2.75) is 26.9 Å². The summed E-state index contributed by atoms with van der Waals surface area (Å²) in [6, 6.07) is 16.0. The molecule has 0 radical (unpaired) electrons. The van der Waals surface area contributed by atoms with Gasteiger partial charge in [0.05, 0.1) is 40.5 Å². The molecule has 0 spiro atoms. The number of nitro groups is 1. The fourth-order valence-electron chi connectivity index (χ4n) is 5.18. The average Bonchev–Trinajstić information content (AvgIpc) is 3.32. The van der Waals surface area contributed by atoms with E-state index in [1.54, 1.807) is 49.0 Å². The number of carbonyl (C=O) groups excluding carboxylic acids is 1. The van der Waals surface area contributed by atoms with E-state index in [0.29, 0.717) is 40.8 Å². The van der Waals surface area contributed by atoms with Crippen molar-refractivity contribution in [3.05, 3.63) is 104 Å². The van der Waals surface area contributed by atoms with Gasteiger partial charge in [0.2, 0.25) is 5.82 Å². The number of likely N-dealkylation sites (N-methyl/N-ethyl adjacent to an activating group) is 1. The number of benzene rings is 2. The highest BCUT2D eigenvalue weighted by Gasteiger charge is 2.28. The van der Waals surface area contributed by atoms with Crippen LogP contribution in [0.4, 0.5) is 17.2 Å². The Labute approximate surface area is 255 Å². The Morgan fingerprint density at radius 1 is 1.05 bits per heavy atom. The number of rotatable bonds is 11. The summed E-state index contributed by atoms with van der Waals surface area (Å²) in [4.78, 5) is 34.8. The normalized spacial score (nSPS) is 14.0. The van der Waals surface area contributed by atoms with Gasteiger partial charge in [-0.3, -0.25) is 29.5 Å². The molecule has 43 heavy (non-hydrogen) atoms. The number of pyridine rings is 1. The first-order chi connectivity index (χ1) is 20.8. The summed E-state index contributed by atoms with van der Waals surface area (Å²) in [6.07, 6.45) is 1.51. The van der Waals surface area contributed by atoms with E-state index in [0.717, 1.165) is 44.0 Å². The van der Waals surface area contributed by atoms with Gasteiger partial charge in [-0.1, -0.05) is 42.8 Å². The summed E-state index contributed by atoms with van der Waals surface area (Å²) < 4.78 is 6.81. The van der Waals surface area contributed by atoms with Crippen LogP contribution in [0.2, 0.25) is 5.02 Å². The molecule has 11 nitrogen and oxygen atoms in total. The number of anilines is 2. The number of nitrogens with one attached hydrogen (secondary N) is 1. The maximum Gasteiger partial charge on any atom is 0.334 e. The minimum Gasteiger partial charge on any atom is -0.497 e. The highest BCUT2D eigenvalue weighted by atomic mass is 35.5. The Bertz CT molecular complexity index is 1620. The average molecular weight is 604 g/mol. The van der Waals surface area contributed by atoms with Crippen molar-refractivity contribution >= 4 is 34.6 Å². The van der Waals surface area contributed by atoms with E-state index in [4.69, 9.17) is 16.3 Å². The lowest BCUT2D eigenvalue weighted by Gasteiger charge is -2.33. The fraction of sp³-hybridized carbons (Fsp3) is 0.323. The number of hydrogen-bond acceptors (Lipinski definition) is 9. The van der Waals surface area contributed by atoms with E-state index in [-0.39, 0.29) is 22.9 Å². The van der Waals surface area contributed by atoms with Crippen LogP contribution in [0.3, 0.4) is 0 Å². The second-order valence-electron chi connectivity index (χ2n) is 10.4. The summed E-state index contributed by atoms with van der Waals surface area (Å²) in [6.45, 7) is 9.48. The van der Waals surface area contributed by atoms with E-state index in [2.05, 4.69) is 32.1 Å². The van der Waals surface area contributed by atoms with Crippen molar-refractivity contribution in [2.75, 3.05) is 45.2 Å². The quantitative estimate of drug-likeness (QED) is 0.138. The van der Waals surface area contributed by atoms with Gasteiger partial charge in [-0.2, -0.15) is 0 Å². The van der Waals surface area contributed by atoms with Crippen molar-refractivity contribution in [1.29, 1.82) is 0 Å². The number of aromatic nitrogens is 3. The molecule has 1 N–H and O–H groups in total. The highest BCUT2D eigenvalue weighted by molar-refractivity contribution is 6.35. The largest absolute Gasteiger partial charge is 0.497 e. The molecule has 1 saturated heterocycles. The zero-order valence-corrected chi connectivity index (χ0v) is 25.2. The van der Waals surface area contributed by atoms with Gasteiger partial charge in [0.15, 0.2) is 5.78 Å². The minimum atomic E-state index is -0.458. The molecule has 3 heterocycles. The molecule has 12 heteroatoms. The number of piperazine rings is 1. The summed E-state index contributed by atoms with van der Waals surface area (Å²) in [5.41, 5.74) is 2.78. The number of hydrogen-bond donors (Lipinski definition) is 1. The van der Waals surface area contributed by atoms with Crippen LogP contribution >= 0.6 is 11.6 Å². The summed E-state index contributed by atoms with van der Waals surface area (Å²) in [5, 5.41) is 20.2. The van der Waals surface area contributed by atoms with Crippen LogP contribution in [0.15, 0.2) is 60.8 Å². The van der Waals surface area contributed by atoms with Crippen LogP contribution in [0.5, 0.6) is 5.75 Å². The number of methoxy groups -OCH3 is 1. The molecule has 0 unspecified atom stereocenters. The Morgan fingerprint density at radius 2 is 1.74 bits per heavy atom. The zero-order chi connectivity index (χ0) is 30.5. The third kappa shape index (κ3) is 6.85. The molecular formula is C31H34ClN7O4. The van der Waals surface area contributed by atoms with Crippen molar-refractivity contribution in [2.24, 2.45) is 0 Å². The van der Waals surface area contributed by atoms with E-state index in [9.17, 15) is 14.9 Å². The number of ether oxygens (including phenoxy) is 1. The van der Waals surface area contributed by atoms with Crippen LogP contribution in [-0.4, -0.2) is 75.1 Å². The molecule has 5 rings (SSSR count). The summed E-state index contributed by atoms with van der Waals surface area (Å²) >= 11 is 6.37. The Hall–Kier alpha value is -4.32. The van der Waals surface area contributed by atoms with Crippen LogP contribution in [-0.2, 0) is 13.1 Å². The first-order valence-electron chi connectivity index (χ1n) is 14.1. The number of carbonyl (C=O) groups is 1. The first-order valence-corrected chi connectivity index (χ1v) is 14.5. The van der Waals surface area contributed by atoms with Gasteiger partial charge in [-0.25, -0.2) is 0 Å². The Morgan fingerprint density at radius 3 is 2.40 bits per heavy atom. The summed E-state index contributed by atoms with van der Waals surface area (Å²) in [5.74, 6) is 0.407. The van der Waals surface area contributed by atoms with Crippen LogP contribution in [0.1, 0.15) is 39.8 Å². The van der Waals surface area contributed by atoms with Crippen LogP contribution in [0.25, 0.3) is 0 Å². The standard InChI is InChI=1S/C31H34ClN7O4/c1-4-36-13-15-37(16-14-36)20-23-17-28(26(18-33-23)30(40)25-7-5-6-8-27(25)32)34-31-29(39(41)42)21(2)38(35-31)19-22-9-11-24(43-3)12-10-22/h5-12,17-18H,4,13-16,19-20H2,1-3H3,(H,33,34,35). The van der Waals surface area contributed by atoms with E-state index >= 15 is 0 Å². The minimum absolute atomic E-state index is 0.0398. The lowest BCUT2D eigenvalue weighted by atomic mass is 10.0. The van der Waals surface area contributed by atoms with Gasteiger partial charge in [0, 0.05) is 44.5 Å². The molecular weight excluding hydrogens is 570 g/mol. The molecule has 0 atom stereocenters. The van der Waals surface area contributed by atoms with Gasteiger partial charge in [-0.15, -0.1) is 5.10 Å². The van der Waals surface area contributed by atoms with E-state index < -0.39 is 4.92 Å². The maximum absolute atomic E-state index is 13.7. The second kappa shape index (κ2) is 13.3. The summed E-state index contributed by atoms with van der Waals surface area (Å²) in [7, 11) is 1.59. The maximum atomic E-state index is 13.7. The lowest BCUT2D eigenvalue weighted by Crippen LogP contribution is -2.45. The highest BCUT2D eigenvalue weighted by Crippen LogP contribution is 2.33. The monoisotopic (exact) mass is 603 g/mol. The smallest absolute Gasteiger partial charge is 0.334 e. The second-order valence-corrected chi connectivity index (χ2v) is 10.8. The molecule has 1 fully saturated rings. The van der Waals surface area contributed by atoms with E-state index in [1.165, 1.54) is 6.20 Å². The van der Waals surface area contributed by atoms with Crippen molar-refractivity contribution in [3.8, 4) is 5.75 Å². The molecule has 2 aromatic carbocycles. The van der Waals surface area contributed by atoms with E-state index in [1.807, 2.05) is 24.3 Å². The van der Waals surface area contributed by atoms with Crippen molar-refractivity contribution in [3.63, 3.8) is 0 Å². The SMILES string of the molecule is CCN1CCN(Cc2cc(Nc3nn(Cc4ccc(OC)cc4)c(C)c3[N+](=O)[O-])c(C(=O)c3ccccc3Cl)cn2)CC1. The molecule has 0 aliphatic carbocycles. The molecule has 2 aromatic heterocycles. The van der Waals surface area contributed by atoms with Gasteiger partial charge >= 0.3 is 5.69 Å². The molecule has 4 aromatic rings. The molecule has 0 bridgehead atoms. The Kier molecular flexibility index (Phi) is 9.34. The van der Waals surface area contributed by atoms with Gasteiger partial charge < -0.3 is 15.0 Å². The van der Waals surface area contributed by atoms with Crippen molar-refractivity contribution in [1.82, 2.24) is 24.6 Å². The predicted octanol–water partition coefficient (Wildman–Crippen LogP) is 5.32. The van der Waals surface area contributed by atoms with Crippen molar-refractivity contribution < 1.29 is 14.5 Å². The molecule has 1 aliphatic rings. The number of nitrogens with zero attached hydrogens (tertiary/aromatic N) is 6. The van der Waals surface area contributed by atoms with Crippen LogP contribution in [0, 0.1) is 17.0 Å². The molecule has 0 amide bonds. The lowest BCUT2D eigenvalue weighted by molar-refractivity contribution is -0.384. The number of ketones is 1. The molecule has 1 aliphatic heterocycles. The van der Waals surface area contributed by atoms with Gasteiger partial charge in [-0.05, 0) is 49.4 Å². The molecule has 0 saturated carbocycles.